The van der Waals surface area contributed by atoms with Crippen LogP contribution in [0.2, 0.25) is 0 Å². The van der Waals surface area contributed by atoms with Crippen LogP contribution in [0.25, 0.3) is 0 Å². The Balaban J connectivity index is 2.46. The lowest BCUT2D eigenvalue weighted by atomic mass is 10.1. The topological polar surface area (TPSA) is 83.2 Å². The number of nitrogens with two attached hydrogens (primary N) is 1. The summed E-state index contributed by atoms with van der Waals surface area (Å²) in [6.07, 6.45) is 2.96. The fourth-order valence-corrected chi connectivity index (χ4v) is 1.33. The number of nitrogens with zero attached hydrogens (tertiary/aromatic N) is 3. The Morgan fingerprint density at radius 3 is 2.22 bits per heavy atom. The van der Waals surface area contributed by atoms with Crippen LogP contribution in [0.1, 0.15) is 40.0 Å². The number of ether oxygens (including phenoxy) is 2. The summed E-state index contributed by atoms with van der Waals surface area (Å²) in [5.74, 6) is 0.787. The van der Waals surface area contributed by atoms with Crippen molar-refractivity contribution in [1.29, 1.82) is 0 Å². The van der Waals surface area contributed by atoms with E-state index in [9.17, 15) is 0 Å². The fraction of sp³-hybridized carbons (Fsp3) is 0.750. The average molecular weight is 254 g/mol. The summed E-state index contributed by atoms with van der Waals surface area (Å²) in [4.78, 5) is 11.8. The van der Waals surface area contributed by atoms with Crippen molar-refractivity contribution in [2.75, 3.05) is 18.9 Å². The molecule has 6 heteroatoms. The maximum atomic E-state index is 5.56. The largest absolute Gasteiger partial charge is 0.463 e. The quantitative estimate of drug-likeness (QED) is 0.715. The smallest absolute Gasteiger partial charge is 0.324 e. The SMILES string of the molecule is CCCOc1nc(N)nc(OCCCC(C)C)n1. The highest BCUT2D eigenvalue weighted by atomic mass is 16.5. The van der Waals surface area contributed by atoms with Gasteiger partial charge >= 0.3 is 12.0 Å². The van der Waals surface area contributed by atoms with Gasteiger partial charge in [-0.05, 0) is 25.2 Å². The zero-order valence-electron chi connectivity index (χ0n) is 11.3. The molecule has 0 fully saturated rings. The summed E-state index contributed by atoms with van der Waals surface area (Å²) < 4.78 is 10.7. The predicted molar refractivity (Wildman–Crippen MR) is 69.6 cm³/mol. The highest BCUT2D eigenvalue weighted by molar-refractivity contribution is 5.20. The Hall–Kier alpha value is -1.59. The van der Waals surface area contributed by atoms with Crippen molar-refractivity contribution in [3.63, 3.8) is 0 Å². The van der Waals surface area contributed by atoms with E-state index < -0.39 is 0 Å². The number of hydrogen-bond donors (Lipinski definition) is 1. The van der Waals surface area contributed by atoms with Gasteiger partial charge in [0.25, 0.3) is 0 Å². The molecule has 0 spiro atoms. The molecule has 1 heterocycles. The van der Waals surface area contributed by atoms with Crippen LogP contribution in [0.4, 0.5) is 5.95 Å². The third kappa shape index (κ3) is 5.65. The molecule has 1 rings (SSSR count). The second kappa shape index (κ2) is 7.68. The highest BCUT2D eigenvalue weighted by Gasteiger charge is 2.06. The van der Waals surface area contributed by atoms with Crippen LogP contribution >= 0.6 is 0 Å². The summed E-state index contributed by atoms with van der Waals surface area (Å²) in [5.41, 5.74) is 5.56. The van der Waals surface area contributed by atoms with Gasteiger partial charge in [0.05, 0.1) is 13.2 Å². The molecule has 0 radical (unpaired) electrons. The number of rotatable bonds is 8. The maximum absolute atomic E-state index is 5.56. The van der Waals surface area contributed by atoms with E-state index in [0.29, 0.717) is 19.1 Å². The van der Waals surface area contributed by atoms with Crippen molar-refractivity contribution in [1.82, 2.24) is 15.0 Å². The van der Waals surface area contributed by atoms with E-state index >= 15 is 0 Å². The first kappa shape index (κ1) is 14.5. The zero-order chi connectivity index (χ0) is 13.4. The normalized spacial score (nSPS) is 10.7. The van der Waals surface area contributed by atoms with Crippen LogP contribution in [0.3, 0.4) is 0 Å². The van der Waals surface area contributed by atoms with Gasteiger partial charge in [-0.15, -0.1) is 4.98 Å². The molecule has 0 amide bonds. The van der Waals surface area contributed by atoms with Crippen molar-refractivity contribution < 1.29 is 9.47 Å². The van der Waals surface area contributed by atoms with Gasteiger partial charge in [-0.3, -0.25) is 0 Å². The molecular weight excluding hydrogens is 232 g/mol. The molecular formula is C12H22N4O2. The second-order valence-corrected chi connectivity index (χ2v) is 4.49. The van der Waals surface area contributed by atoms with Crippen LogP contribution in [0, 0.1) is 5.92 Å². The minimum absolute atomic E-state index is 0.120. The number of aromatic nitrogens is 3. The molecule has 0 bridgehead atoms. The zero-order valence-corrected chi connectivity index (χ0v) is 11.3. The molecule has 6 nitrogen and oxygen atoms in total. The Bertz CT molecular complexity index is 358. The molecule has 1 aromatic rings. The van der Waals surface area contributed by atoms with Gasteiger partial charge in [-0.1, -0.05) is 20.8 Å². The molecule has 1 aromatic heterocycles. The Labute approximate surface area is 108 Å². The van der Waals surface area contributed by atoms with Crippen molar-refractivity contribution >= 4 is 5.95 Å². The third-order valence-corrected chi connectivity index (χ3v) is 2.20. The summed E-state index contributed by atoms with van der Waals surface area (Å²) in [7, 11) is 0. The molecule has 0 aliphatic heterocycles. The molecule has 0 aliphatic rings. The van der Waals surface area contributed by atoms with Crippen LogP contribution in [-0.4, -0.2) is 28.2 Å². The number of hydrogen-bond acceptors (Lipinski definition) is 6. The van der Waals surface area contributed by atoms with Crippen molar-refractivity contribution in [2.45, 2.75) is 40.0 Å². The predicted octanol–water partition coefficient (Wildman–Crippen LogP) is 2.06. The first-order valence-electron chi connectivity index (χ1n) is 6.39. The highest BCUT2D eigenvalue weighted by Crippen LogP contribution is 2.12. The first-order valence-corrected chi connectivity index (χ1v) is 6.39. The van der Waals surface area contributed by atoms with E-state index in [1.807, 2.05) is 6.92 Å². The number of nitrogen functional groups attached to an aromatic ring is 1. The molecule has 0 saturated carbocycles. The van der Waals surface area contributed by atoms with E-state index in [0.717, 1.165) is 19.3 Å². The average Bonchev–Trinajstić information content (AvgIpc) is 2.31. The first-order chi connectivity index (χ1) is 8.61. The van der Waals surface area contributed by atoms with E-state index in [4.69, 9.17) is 15.2 Å². The Morgan fingerprint density at radius 1 is 1.06 bits per heavy atom. The molecule has 0 aromatic carbocycles. The number of anilines is 1. The van der Waals surface area contributed by atoms with Crippen LogP contribution < -0.4 is 15.2 Å². The van der Waals surface area contributed by atoms with Crippen LogP contribution in [0.15, 0.2) is 0 Å². The van der Waals surface area contributed by atoms with Gasteiger partial charge in [0.1, 0.15) is 0 Å². The van der Waals surface area contributed by atoms with Crippen molar-refractivity contribution in [2.24, 2.45) is 5.92 Å². The molecule has 2 N–H and O–H groups in total. The lowest BCUT2D eigenvalue weighted by Gasteiger charge is -2.08. The minimum atomic E-state index is 0.120. The van der Waals surface area contributed by atoms with E-state index in [2.05, 4.69) is 28.8 Å². The standard InChI is InChI=1S/C12H22N4O2/c1-4-7-17-11-14-10(13)15-12(16-11)18-8-5-6-9(2)3/h9H,4-8H2,1-3H3,(H2,13,14,15,16). The Kier molecular flexibility index (Phi) is 6.18. The fourth-order valence-electron chi connectivity index (χ4n) is 1.33. The van der Waals surface area contributed by atoms with Gasteiger partial charge in [0, 0.05) is 0 Å². The van der Waals surface area contributed by atoms with Gasteiger partial charge < -0.3 is 15.2 Å². The third-order valence-electron chi connectivity index (χ3n) is 2.20. The van der Waals surface area contributed by atoms with Gasteiger partial charge in [0.2, 0.25) is 5.95 Å². The lowest BCUT2D eigenvalue weighted by molar-refractivity contribution is 0.254. The maximum Gasteiger partial charge on any atom is 0.324 e. The lowest BCUT2D eigenvalue weighted by Crippen LogP contribution is -2.08. The molecule has 18 heavy (non-hydrogen) atoms. The van der Waals surface area contributed by atoms with Gasteiger partial charge in [-0.2, -0.15) is 9.97 Å². The minimum Gasteiger partial charge on any atom is -0.463 e. The van der Waals surface area contributed by atoms with Crippen molar-refractivity contribution in [3.05, 3.63) is 0 Å². The Morgan fingerprint density at radius 2 is 1.67 bits per heavy atom. The second-order valence-electron chi connectivity index (χ2n) is 4.49. The summed E-state index contributed by atoms with van der Waals surface area (Å²) in [5, 5.41) is 0. The molecule has 0 aliphatic carbocycles. The molecule has 0 saturated heterocycles. The summed E-state index contributed by atoms with van der Waals surface area (Å²) in [6, 6.07) is 0.459. The monoisotopic (exact) mass is 254 g/mol. The van der Waals surface area contributed by atoms with E-state index in [-0.39, 0.29) is 18.0 Å². The molecule has 0 unspecified atom stereocenters. The summed E-state index contributed by atoms with van der Waals surface area (Å²) in [6.45, 7) is 7.49. The molecule has 0 atom stereocenters. The summed E-state index contributed by atoms with van der Waals surface area (Å²) >= 11 is 0. The van der Waals surface area contributed by atoms with Gasteiger partial charge in [-0.25, -0.2) is 0 Å². The van der Waals surface area contributed by atoms with E-state index in [1.165, 1.54) is 0 Å². The van der Waals surface area contributed by atoms with Crippen LogP contribution in [0.5, 0.6) is 12.0 Å². The van der Waals surface area contributed by atoms with E-state index in [1.54, 1.807) is 0 Å². The molecule has 102 valence electrons. The van der Waals surface area contributed by atoms with Crippen molar-refractivity contribution in [3.8, 4) is 12.0 Å². The van der Waals surface area contributed by atoms with Crippen LogP contribution in [-0.2, 0) is 0 Å². The van der Waals surface area contributed by atoms with Gasteiger partial charge in [0.15, 0.2) is 0 Å².